The molecular formula is C19H19ClFN3O. The zero-order valence-electron chi connectivity index (χ0n) is 13.9. The summed E-state index contributed by atoms with van der Waals surface area (Å²) in [5.41, 5.74) is 1.94. The van der Waals surface area contributed by atoms with Gasteiger partial charge in [0.1, 0.15) is 11.5 Å². The number of rotatable bonds is 6. The Morgan fingerprint density at radius 3 is 2.92 bits per heavy atom. The van der Waals surface area contributed by atoms with Crippen molar-refractivity contribution in [2.75, 3.05) is 6.54 Å². The second-order valence-electron chi connectivity index (χ2n) is 5.82. The standard InChI is InChI=1S/C19H19ClFN3O/c1-2-11-24-12-13(14-5-4-9-22-18(14)24)8-10-23-19(25)17-15(20)6-3-7-16(17)21/h3-7,9,12H,2,8,10-11H2,1H3,(H,23,25). The minimum atomic E-state index is -0.617. The Morgan fingerprint density at radius 2 is 2.16 bits per heavy atom. The number of amides is 1. The summed E-state index contributed by atoms with van der Waals surface area (Å²) >= 11 is 5.92. The second kappa shape index (κ2) is 7.66. The van der Waals surface area contributed by atoms with Crippen molar-refractivity contribution in [3.05, 3.63) is 64.7 Å². The second-order valence-corrected chi connectivity index (χ2v) is 6.23. The Bertz CT molecular complexity index is 887. The molecule has 2 aromatic heterocycles. The van der Waals surface area contributed by atoms with Crippen LogP contribution >= 0.6 is 11.6 Å². The van der Waals surface area contributed by atoms with E-state index >= 15 is 0 Å². The molecule has 6 heteroatoms. The third-order valence-corrected chi connectivity index (χ3v) is 4.37. The van der Waals surface area contributed by atoms with E-state index in [9.17, 15) is 9.18 Å². The number of hydrogen-bond donors (Lipinski definition) is 1. The number of carbonyl (C=O) groups excluding carboxylic acids is 1. The molecule has 0 radical (unpaired) electrons. The van der Waals surface area contributed by atoms with Crippen LogP contribution in [-0.4, -0.2) is 22.0 Å². The molecule has 4 nitrogen and oxygen atoms in total. The highest BCUT2D eigenvalue weighted by Crippen LogP contribution is 2.21. The smallest absolute Gasteiger partial charge is 0.255 e. The topological polar surface area (TPSA) is 46.9 Å². The van der Waals surface area contributed by atoms with E-state index in [-0.39, 0.29) is 10.6 Å². The van der Waals surface area contributed by atoms with E-state index in [2.05, 4.69) is 28.0 Å². The van der Waals surface area contributed by atoms with Crippen molar-refractivity contribution in [1.82, 2.24) is 14.9 Å². The summed E-state index contributed by atoms with van der Waals surface area (Å²) in [7, 11) is 0. The summed E-state index contributed by atoms with van der Waals surface area (Å²) < 4.78 is 15.9. The summed E-state index contributed by atoms with van der Waals surface area (Å²) in [4.78, 5) is 16.6. The SMILES string of the molecule is CCCn1cc(CCNC(=O)c2c(F)cccc2Cl)c2cccnc21. The van der Waals surface area contributed by atoms with Crippen molar-refractivity contribution >= 4 is 28.5 Å². The molecule has 0 bridgehead atoms. The van der Waals surface area contributed by atoms with Crippen molar-refractivity contribution < 1.29 is 9.18 Å². The average molecular weight is 360 g/mol. The monoisotopic (exact) mass is 359 g/mol. The maximum absolute atomic E-state index is 13.8. The Labute approximate surface area is 150 Å². The van der Waals surface area contributed by atoms with Gasteiger partial charge in [0, 0.05) is 30.9 Å². The van der Waals surface area contributed by atoms with Crippen LogP contribution in [0.5, 0.6) is 0 Å². The van der Waals surface area contributed by atoms with E-state index in [1.165, 1.54) is 18.2 Å². The summed E-state index contributed by atoms with van der Waals surface area (Å²) in [6.07, 6.45) is 5.50. The number of carbonyl (C=O) groups is 1. The maximum atomic E-state index is 13.8. The minimum Gasteiger partial charge on any atom is -0.352 e. The summed E-state index contributed by atoms with van der Waals surface area (Å²) in [5, 5.41) is 3.93. The molecule has 0 saturated heterocycles. The molecule has 0 spiro atoms. The molecule has 0 aliphatic carbocycles. The van der Waals surface area contributed by atoms with Crippen LogP contribution in [0.25, 0.3) is 11.0 Å². The number of halogens is 2. The van der Waals surface area contributed by atoms with Crippen LogP contribution in [0.15, 0.2) is 42.7 Å². The van der Waals surface area contributed by atoms with Crippen LogP contribution in [0.1, 0.15) is 29.3 Å². The van der Waals surface area contributed by atoms with Crippen LogP contribution < -0.4 is 5.32 Å². The lowest BCUT2D eigenvalue weighted by atomic mass is 10.1. The molecule has 0 saturated carbocycles. The van der Waals surface area contributed by atoms with Gasteiger partial charge in [-0.1, -0.05) is 24.6 Å². The number of aryl methyl sites for hydroxylation is 1. The van der Waals surface area contributed by atoms with E-state index in [1.54, 1.807) is 6.20 Å². The quantitative estimate of drug-likeness (QED) is 0.716. The number of nitrogens with zero attached hydrogens (tertiary/aromatic N) is 2. The Balaban J connectivity index is 1.72. The lowest BCUT2D eigenvalue weighted by Crippen LogP contribution is -2.26. The first-order valence-corrected chi connectivity index (χ1v) is 8.64. The summed E-state index contributed by atoms with van der Waals surface area (Å²) in [5.74, 6) is -1.12. The number of aromatic nitrogens is 2. The van der Waals surface area contributed by atoms with Gasteiger partial charge in [0.05, 0.1) is 10.6 Å². The lowest BCUT2D eigenvalue weighted by molar-refractivity contribution is 0.0950. The molecule has 0 unspecified atom stereocenters. The third-order valence-electron chi connectivity index (χ3n) is 4.05. The summed E-state index contributed by atoms with van der Waals surface area (Å²) in [6, 6.07) is 8.14. The maximum Gasteiger partial charge on any atom is 0.255 e. The highest BCUT2D eigenvalue weighted by atomic mass is 35.5. The van der Waals surface area contributed by atoms with E-state index in [4.69, 9.17) is 11.6 Å². The fraction of sp³-hybridized carbons (Fsp3) is 0.263. The van der Waals surface area contributed by atoms with E-state index in [1.807, 2.05) is 12.1 Å². The minimum absolute atomic E-state index is 0.112. The largest absolute Gasteiger partial charge is 0.352 e. The van der Waals surface area contributed by atoms with E-state index in [0.717, 1.165) is 29.6 Å². The first kappa shape index (κ1) is 17.4. The number of pyridine rings is 1. The van der Waals surface area contributed by atoms with Crippen LogP contribution in [0.2, 0.25) is 5.02 Å². The zero-order valence-corrected chi connectivity index (χ0v) is 14.7. The molecule has 0 fully saturated rings. The molecule has 0 atom stereocenters. The van der Waals surface area contributed by atoms with Gasteiger partial charge in [-0.2, -0.15) is 0 Å². The fourth-order valence-corrected chi connectivity index (χ4v) is 3.17. The van der Waals surface area contributed by atoms with Gasteiger partial charge >= 0.3 is 0 Å². The van der Waals surface area contributed by atoms with E-state index in [0.29, 0.717) is 13.0 Å². The number of benzene rings is 1. The molecule has 130 valence electrons. The molecule has 1 N–H and O–H groups in total. The highest BCUT2D eigenvalue weighted by molar-refractivity contribution is 6.33. The molecule has 0 aliphatic rings. The van der Waals surface area contributed by atoms with Crippen molar-refractivity contribution in [3.8, 4) is 0 Å². The van der Waals surface area contributed by atoms with Crippen molar-refractivity contribution in [2.45, 2.75) is 26.3 Å². The van der Waals surface area contributed by atoms with Crippen LogP contribution in [0.4, 0.5) is 4.39 Å². The number of nitrogens with one attached hydrogen (secondary N) is 1. The van der Waals surface area contributed by atoms with Gasteiger partial charge < -0.3 is 9.88 Å². The predicted octanol–water partition coefficient (Wildman–Crippen LogP) is 4.21. The van der Waals surface area contributed by atoms with Gasteiger partial charge in [-0.25, -0.2) is 9.37 Å². The molecule has 25 heavy (non-hydrogen) atoms. The van der Waals surface area contributed by atoms with E-state index < -0.39 is 11.7 Å². The van der Waals surface area contributed by atoms with Gasteiger partial charge in [-0.3, -0.25) is 4.79 Å². The molecule has 3 aromatic rings. The predicted molar refractivity (Wildman–Crippen MR) is 97.5 cm³/mol. The Morgan fingerprint density at radius 1 is 1.32 bits per heavy atom. The first-order valence-electron chi connectivity index (χ1n) is 8.26. The van der Waals surface area contributed by atoms with Crippen molar-refractivity contribution in [2.24, 2.45) is 0 Å². The van der Waals surface area contributed by atoms with Crippen molar-refractivity contribution in [1.29, 1.82) is 0 Å². The average Bonchev–Trinajstić information content (AvgIpc) is 2.93. The van der Waals surface area contributed by atoms with Crippen LogP contribution in [0.3, 0.4) is 0 Å². The summed E-state index contributed by atoms with van der Waals surface area (Å²) in [6.45, 7) is 3.40. The number of hydrogen-bond acceptors (Lipinski definition) is 2. The zero-order chi connectivity index (χ0) is 17.8. The van der Waals surface area contributed by atoms with Crippen LogP contribution in [-0.2, 0) is 13.0 Å². The molecule has 0 aliphatic heterocycles. The Hall–Kier alpha value is -2.40. The van der Waals surface area contributed by atoms with Gasteiger partial charge in [0.2, 0.25) is 0 Å². The normalized spacial score (nSPS) is 11.0. The Kier molecular flexibility index (Phi) is 5.34. The van der Waals surface area contributed by atoms with Crippen LogP contribution in [0, 0.1) is 5.82 Å². The molecular weight excluding hydrogens is 341 g/mol. The molecule has 1 aromatic carbocycles. The third kappa shape index (κ3) is 3.66. The lowest BCUT2D eigenvalue weighted by Gasteiger charge is -2.07. The van der Waals surface area contributed by atoms with Gasteiger partial charge in [0.25, 0.3) is 5.91 Å². The van der Waals surface area contributed by atoms with Crippen molar-refractivity contribution in [3.63, 3.8) is 0 Å². The van der Waals surface area contributed by atoms with Gasteiger partial charge in [-0.05, 0) is 42.7 Å². The first-order chi connectivity index (χ1) is 12.1. The highest BCUT2D eigenvalue weighted by Gasteiger charge is 2.15. The molecule has 2 heterocycles. The van der Waals surface area contributed by atoms with Gasteiger partial charge in [-0.15, -0.1) is 0 Å². The van der Waals surface area contributed by atoms with Gasteiger partial charge in [0.15, 0.2) is 0 Å². The molecule has 1 amide bonds. The fourth-order valence-electron chi connectivity index (χ4n) is 2.92. The number of fused-ring (bicyclic) bond motifs is 1. The molecule has 3 rings (SSSR count).